The van der Waals surface area contributed by atoms with E-state index in [1.165, 1.54) is 6.20 Å². The third-order valence-electron chi connectivity index (χ3n) is 4.90. The van der Waals surface area contributed by atoms with Crippen molar-refractivity contribution in [1.82, 2.24) is 20.1 Å². The summed E-state index contributed by atoms with van der Waals surface area (Å²) in [7, 11) is 1.64. The summed E-state index contributed by atoms with van der Waals surface area (Å²) < 4.78 is 5.40. The number of rotatable bonds is 4. The molecule has 29 heavy (non-hydrogen) atoms. The first-order valence-corrected chi connectivity index (χ1v) is 9.66. The van der Waals surface area contributed by atoms with E-state index < -0.39 is 0 Å². The summed E-state index contributed by atoms with van der Waals surface area (Å²) in [5, 5.41) is 9.13. The highest BCUT2D eigenvalue weighted by Gasteiger charge is 2.23. The lowest BCUT2D eigenvalue weighted by Crippen LogP contribution is -2.49. The number of methoxy groups -OCH3 is 1. The van der Waals surface area contributed by atoms with E-state index in [4.69, 9.17) is 16.3 Å². The molecule has 2 aromatic heterocycles. The molecule has 0 bridgehead atoms. The van der Waals surface area contributed by atoms with Crippen LogP contribution in [0.5, 0.6) is 5.75 Å². The molecule has 148 valence electrons. The predicted molar refractivity (Wildman–Crippen MR) is 111 cm³/mol. The molecule has 3 aromatic rings. The molecule has 0 radical (unpaired) electrons. The van der Waals surface area contributed by atoms with Crippen molar-refractivity contribution in [3.8, 4) is 17.0 Å². The van der Waals surface area contributed by atoms with Gasteiger partial charge in [-0.2, -0.15) is 0 Å². The van der Waals surface area contributed by atoms with Gasteiger partial charge in [0, 0.05) is 37.9 Å². The third kappa shape index (κ3) is 4.14. The molecule has 1 aromatic carbocycles. The van der Waals surface area contributed by atoms with E-state index >= 15 is 0 Å². The highest BCUT2D eigenvalue weighted by Crippen LogP contribution is 2.28. The van der Waals surface area contributed by atoms with Crippen molar-refractivity contribution in [2.45, 2.75) is 0 Å². The summed E-state index contributed by atoms with van der Waals surface area (Å²) in [6.07, 6.45) is 1.51. The van der Waals surface area contributed by atoms with Crippen LogP contribution in [0.4, 0.5) is 5.82 Å². The fraction of sp³-hybridized carbons (Fsp3) is 0.238. The van der Waals surface area contributed by atoms with E-state index in [1.807, 2.05) is 41.3 Å². The van der Waals surface area contributed by atoms with Crippen LogP contribution in [0.1, 0.15) is 10.4 Å². The summed E-state index contributed by atoms with van der Waals surface area (Å²) in [5.41, 5.74) is 2.21. The molecule has 7 nitrogen and oxygen atoms in total. The van der Waals surface area contributed by atoms with Gasteiger partial charge in [0.1, 0.15) is 10.9 Å². The number of nitrogens with zero attached hydrogens (tertiary/aromatic N) is 5. The lowest BCUT2D eigenvalue weighted by atomic mass is 10.1. The first-order valence-electron chi connectivity index (χ1n) is 9.28. The van der Waals surface area contributed by atoms with Crippen LogP contribution in [0.2, 0.25) is 5.15 Å². The van der Waals surface area contributed by atoms with Crippen molar-refractivity contribution in [1.29, 1.82) is 0 Å². The lowest BCUT2D eigenvalue weighted by molar-refractivity contribution is 0.0746. The highest BCUT2D eigenvalue weighted by atomic mass is 35.5. The first kappa shape index (κ1) is 19.1. The molecular weight excluding hydrogens is 390 g/mol. The smallest absolute Gasteiger partial charge is 0.255 e. The van der Waals surface area contributed by atoms with Crippen LogP contribution in [0.15, 0.2) is 54.7 Å². The number of carbonyl (C=O) groups excluding carboxylic acids is 1. The number of carbonyl (C=O) groups is 1. The van der Waals surface area contributed by atoms with E-state index in [1.54, 1.807) is 19.2 Å². The van der Waals surface area contributed by atoms with Gasteiger partial charge in [-0.05, 0) is 36.4 Å². The molecule has 8 heteroatoms. The standard InChI is InChI=1S/C21H20ClN5O2/c1-29-18-5-3-2-4-16(18)17-7-9-20(25-24-17)26-10-12-27(13-11-26)21(28)15-6-8-19(22)23-14-15/h2-9,14H,10-13H2,1H3. The molecule has 0 unspecified atom stereocenters. The van der Waals surface area contributed by atoms with Gasteiger partial charge in [-0.15, -0.1) is 10.2 Å². The van der Waals surface area contributed by atoms with Crippen LogP contribution >= 0.6 is 11.6 Å². The normalized spacial score (nSPS) is 14.0. The van der Waals surface area contributed by atoms with Gasteiger partial charge >= 0.3 is 0 Å². The average molecular weight is 410 g/mol. The Hall–Kier alpha value is -3.19. The minimum absolute atomic E-state index is 0.0357. The molecule has 4 rings (SSSR count). The van der Waals surface area contributed by atoms with Crippen molar-refractivity contribution in [2.24, 2.45) is 0 Å². The minimum atomic E-state index is -0.0357. The van der Waals surface area contributed by atoms with Gasteiger partial charge in [-0.3, -0.25) is 4.79 Å². The van der Waals surface area contributed by atoms with Crippen molar-refractivity contribution >= 4 is 23.3 Å². The minimum Gasteiger partial charge on any atom is -0.496 e. The van der Waals surface area contributed by atoms with Crippen LogP contribution in [-0.2, 0) is 0 Å². The third-order valence-corrected chi connectivity index (χ3v) is 5.12. The Bertz CT molecular complexity index is 987. The Morgan fingerprint density at radius 1 is 1.00 bits per heavy atom. The molecule has 1 amide bonds. The summed E-state index contributed by atoms with van der Waals surface area (Å²) >= 11 is 5.79. The maximum Gasteiger partial charge on any atom is 0.255 e. The Morgan fingerprint density at radius 2 is 1.79 bits per heavy atom. The lowest BCUT2D eigenvalue weighted by Gasteiger charge is -2.35. The zero-order valence-corrected chi connectivity index (χ0v) is 16.7. The van der Waals surface area contributed by atoms with Gasteiger partial charge in [0.15, 0.2) is 5.82 Å². The second-order valence-electron chi connectivity index (χ2n) is 6.63. The second-order valence-corrected chi connectivity index (χ2v) is 7.01. The number of para-hydroxylation sites is 1. The quantitative estimate of drug-likeness (QED) is 0.616. The van der Waals surface area contributed by atoms with Crippen LogP contribution in [-0.4, -0.2) is 59.3 Å². The number of aromatic nitrogens is 3. The monoisotopic (exact) mass is 409 g/mol. The van der Waals surface area contributed by atoms with E-state index in [2.05, 4.69) is 20.1 Å². The molecule has 0 N–H and O–H groups in total. The number of amides is 1. The van der Waals surface area contributed by atoms with E-state index in [0.717, 1.165) is 22.8 Å². The molecule has 1 fully saturated rings. The molecular formula is C21H20ClN5O2. The first-order chi connectivity index (χ1) is 14.2. The molecule has 0 spiro atoms. The highest BCUT2D eigenvalue weighted by molar-refractivity contribution is 6.29. The number of hydrogen-bond donors (Lipinski definition) is 0. The zero-order valence-electron chi connectivity index (χ0n) is 16.0. The molecule has 0 atom stereocenters. The topological polar surface area (TPSA) is 71.5 Å². The molecule has 1 aliphatic heterocycles. The fourth-order valence-corrected chi connectivity index (χ4v) is 3.43. The fourth-order valence-electron chi connectivity index (χ4n) is 3.32. The van der Waals surface area contributed by atoms with Crippen molar-refractivity contribution in [2.75, 3.05) is 38.2 Å². The van der Waals surface area contributed by atoms with Crippen LogP contribution in [0.25, 0.3) is 11.3 Å². The van der Waals surface area contributed by atoms with Gasteiger partial charge in [0.05, 0.1) is 18.4 Å². The van der Waals surface area contributed by atoms with Crippen LogP contribution in [0.3, 0.4) is 0 Å². The Morgan fingerprint density at radius 3 is 2.45 bits per heavy atom. The average Bonchev–Trinajstić information content (AvgIpc) is 2.79. The van der Waals surface area contributed by atoms with Crippen molar-refractivity contribution in [3.63, 3.8) is 0 Å². The van der Waals surface area contributed by atoms with Gasteiger partial charge in [-0.1, -0.05) is 23.7 Å². The number of anilines is 1. The van der Waals surface area contributed by atoms with Crippen molar-refractivity contribution in [3.05, 3.63) is 65.4 Å². The van der Waals surface area contributed by atoms with Crippen molar-refractivity contribution < 1.29 is 9.53 Å². The van der Waals surface area contributed by atoms with Gasteiger partial charge in [0.2, 0.25) is 0 Å². The summed E-state index contributed by atoms with van der Waals surface area (Å²) in [5.74, 6) is 1.52. The predicted octanol–water partition coefficient (Wildman–Crippen LogP) is 3.16. The molecule has 0 aliphatic carbocycles. The number of halogens is 1. The second kappa shape index (κ2) is 8.45. The zero-order chi connectivity index (χ0) is 20.2. The van der Waals surface area contributed by atoms with E-state index in [9.17, 15) is 4.79 Å². The van der Waals surface area contributed by atoms with E-state index in [-0.39, 0.29) is 5.91 Å². The number of pyridine rings is 1. The van der Waals surface area contributed by atoms with Crippen LogP contribution in [0, 0.1) is 0 Å². The largest absolute Gasteiger partial charge is 0.496 e. The van der Waals surface area contributed by atoms with Gasteiger partial charge in [0.25, 0.3) is 5.91 Å². The summed E-state index contributed by atoms with van der Waals surface area (Å²) in [4.78, 5) is 20.5. The maximum absolute atomic E-state index is 12.6. The Labute approximate surface area is 173 Å². The van der Waals surface area contributed by atoms with Gasteiger partial charge in [-0.25, -0.2) is 4.98 Å². The molecule has 0 saturated carbocycles. The van der Waals surface area contributed by atoms with E-state index in [0.29, 0.717) is 36.9 Å². The number of hydrogen-bond acceptors (Lipinski definition) is 6. The van der Waals surface area contributed by atoms with Gasteiger partial charge < -0.3 is 14.5 Å². The number of ether oxygens (including phenoxy) is 1. The SMILES string of the molecule is COc1ccccc1-c1ccc(N2CCN(C(=O)c3ccc(Cl)nc3)CC2)nn1. The maximum atomic E-state index is 12.6. The van der Waals surface area contributed by atoms with Crippen LogP contribution < -0.4 is 9.64 Å². The number of benzene rings is 1. The molecule has 1 aliphatic rings. The Kier molecular flexibility index (Phi) is 5.57. The summed E-state index contributed by atoms with van der Waals surface area (Å²) in [6.45, 7) is 2.60. The molecule has 3 heterocycles. The number of piperazine rings is 1. The Balaban J connectivity index is 1.41. The summed E-state index contributed by atoms with van der Waals surface area (Å²) in [6, 6.07) is 14.9. The molecule has 1 saturated heterocycles.